The first-order valence-corrected chi connectivity index (χ1v) is 8.32. The van der Waals surface area contributed by atoms with Gasteiger partial charge in [0.05, 0.1) is 11.5 Å². The summed E-state index contributed by atoms with van der Waals surface area (Å²) in [6.45, 7) is 5.89. The second-order valence-electron chi connectivity index (χ2n) is 7.73. The van der Waals surface area contributed by atoms with Gasteiger partial charge in [0.1, 0.15) is 5.41 Å². The molecule has 0 bridgehead atoms. The van der Waals surface area contributed by atoms with E-state index < -0.39 is 27.6 Å². The van der Waals surface area contributed by atoms with E-state index in [1.54, 1.807) is 12.1 Å². The number of carbonyl (C=O) groups is 2. The zero-order chi connectivity index (χ0) is 19.7. The first kappa shape index (κ1) is 19.8. The number of hydrogen-bond acceptors (Lipinski definition) is 5. The van der Waals surface area contributed by atoms with Crippen molar-refractivity contribution in [2.75, 3.05) is 26.8 Å². The number of aliphatic carboxylic acids is 1. The van der Waals surface area contributed by atoms with Crippen LogP contribution in [0.3, 0.4) is 0 Å². The molecule has 1 aliphatic rings. The van der Waals surface area contributed by atoms with Crippen molar-refractivity contribution in [2.45, 2.75) is 32.6 Å². The average molecular weight is 364 g/mol. The second kappa shape index (κ2) is 7.03. The van der Waals surface area contributed by atoms with Crippen LogP contribution < -0.4 is 0 Å². The molecule has 0 saturated carbocycles. The van der Waals surface area contributed by atoms with Crippen LogP contribution >= 0.6 is 0 Å². The van der Waals surface area contributed by atoms with Crippen LogP contribution in [0.4, 0.5) is 5.69 Å². The molecule has 0 spiro atoms. The summed E-state index contributed by atoms with van der Waals surface area (Å²) < 4.78 is 5.02. The van der Waals surface area contributed by atoms with Gasteiger partial charge in [-0.2, -0.15) is 0 Å². The van der Waals surface area contributed by atoms with Crippen LogP contribution in [0.2, 0.25) is 0 Å². The Morgan fingerprint density at radius 3 is 2.54 bits per heavy atom. The van der Waals surface area contributed by atoms with Gasteiger partial charge in [-0.15, -0.1) is 0 Å². The largest absolute Gasteiger partial charge is 0.481 e. The van der Waals surface area contributed by atoms with Crippen molar-refractivity contribution in [3.05, 3.63) is 39.4 Å². The van der Waals surface area contributed by atoms with Gasteiger partial charge in [0.2, 0.25) is 0 Å². The highest BCUT2D eigenvalue weighted by Crippen LogP contribution is 2.34. The van der Waals surface area contributed by atoms with E-state index in [0.29, 0.717) is 5.56 Å². The first-order valence-electron chi connectivity index (χ1n) is 8.32. The summed E-state index contributed by atoms with van der Waals surface area (Å²) in [4.78, 5) is 36.7. The summed E-state index contributed by atoms with van der Waals surface area (Å²) in [5.74, 6) is -1.42. The first-order chi connectivity index (χ1) is 12.0. The van der Waals surface area contributed by atoms with Gasteiger partial charge < -0.3 is 14.7 Å². The number of nitro benzene ring substituents is 1. The third kappa shape index (κ3) is 3.70. The molecular weight excluding hydrogens is 340 g/mol. The van der Waals surface area contributed by atoms with E-state index in [9.17, 15) is 24.8 Å². The van der Waals surface area contributed by atoms with Gasteiger partial charge in [0.15, 0.2) is 0 Å². The van der Waals surface area contributed by atoms with Crippen LogP contribution in [-0.4, -0.2) is 53.6 Å². The predicted octanol–water partition coefficient (Wildman–Crippen LogP) is 2.46. The Morgan fingerprint density at radius 1 is 1.38 bits per heavy atom. The average Bonchev–Trinajstić information content (AvgIpc) is 2.98. The molecule has 1 heterocycles. The molecule has 1 aliphatic heterocycles. The zero-order valence-corrected chi connectivity index (χ0v) is 15.4. The van der Waals surface area contributed by atoms with Crippen LogP contribution in [0, 0.1) is 15.5 Å². The second-order valence-corrected chi connectivity index (χ2v) is 7.73. The van der Waals surface area contributed by atoms with Crippen molar-refractivity contribution < 1.29 is 24.4 Å². The van der Waals surface area contributed by atoms with E-state index >= 15 is 0 Å². The van der Waals surface area contributed by atoms with Crippen LogP contribution in [0.25, 0.3) is 0 Å². The maximum absolute atomic E-state index is 12.8. The topological polar surface area (TPSA) is 110 Å². The van der Waals surface area contributed by atoms with Crippen molar-refractivity contribution in [2.24, 2.45) is 5.41 Å². The molecule has 0 radical (unpaired) electrons. The highest BCUT2D eigenvalue weighted by atomic mass is 16.6. The number of hydrogen-bond donors (Lipinski definition) is 1. The number of amides is 1. The number of benzene rings is 1. The van der Waals surface area contributed by atoms with E-state index in [4.69, 9.17) is 4.74 Å². The molecule has 1 atom stereocenters. The Balaban J connectivity index is 2.32. The molecule has 142 valence electrons. The molecule has 1 aromatic rings. The third-order valence-corrected chi connectivity index (χ3v) is 4.76. The number of likely N-dealkylation sites (tertiary alicyclic amines) is 1. The summed E-state index contributed by atoms with van der Waals surface area (Å²) in [7, 11) is 1.42. The van der Waals surface area contributed by atoms with Crippen molar-refractivity contribution >= 4 is 17.6 Å². The number of methoxy groups -OCH3 is 1. The molecule has 0 aromatic heterocycles. The van der Waals surface area contributed by atoms with E-state index in [1.807, 2.05) is 20.8 Å². The Morgan fingerprint density at radius 2 is 2.04 bits per heavy atom. The fourth-order valence-electron chi connectivity index (χ4n) is 3.31. The Hall–Kier alpha value is -2.48. The molecule has 8 heteroatoms. The van der Waals surface area contributed by atoms with Crippen molar-refractivity contribution in [3.63, 3.8) is 0 Å². The van der Waals surface area contributed by atoms with Gasteiger partial charge in [0, 0.05) is 37.4 Å². The maximum atomic E-state index is 12.8. The van der Waals surface area contributed by atoms with Gasteiger partial charge in [0.25, 0.3) is 11.6 Å². The Bertz CT molecular complexity index is 740. The van der Waals surface area contributed by atoms with Gasteiger partial charge in [-0.1, -0.05) is 26.8 Å². The minimum absolute atomic E-state index is 0.00915. The molecule has 0 aliphatic carbocycles. The number of nitro groups is 1. The molecule has 1 unspecified atom stereocenters. The molecular formula is C18H24N2O6. The molecule has 1 N–H and O–H groups in total. The molecule has 1 saturated heterocycles. The molecule has 1 fully saturated rings. The minimum atomic E-state index is -1.14. The predicted molar refractivity (Wildman–Crippen MR) is 94.3 cm³/mol. The molecule has 1 amide bonds. The van der Waals surface area contributed by atoms with Crippen molar-refractivity contribution in [1.29, 1.82) is 0 Å². The summed E-state index contributed by atoms with van der Waals surface area (Å²) in [5.41, 5.74) is -0.956. The summed E-state index contributed by atoms with van der Waals surface area (Å²) >= 11 is 0. The smallest absolute Gasteiger partial charge is 0.313 e. The van der Waals surface area contributed by atoms with Crippen LogP contribution in [-0.2, 0) is 14.9 Å². The molecule has 26 heavy (non-hydrogen) atoms. The maximum Gasteiger partial charge on any atom is 0.313 e. The fourth-order valence-corrected chi connectivity index (χ4v) is 3.31. The number of nitrogens with zero attached hydrogens (tertiary/aromatic N) is 2. The fraction of sp³-hybridized carbons (Fsp3) is 0.556. The van der Waals surface area contributed by atoms with Gasteiger partial charge in [-0.05, 0) is 17.9 Å². The standard InChI is InChI=1S/C18H24N2O6/c1-17(2,3)13-6-5-12(9-14(13)20(24)25)15(21)19-8-7-18(10-19,11-26-4)16(22)23/h5-6,9H,7-8,10-11H2,1-4H3,(H,22,23). The third-order valence-electron chi connectivity index (χ3n) is 4.76. The summed E-state index contributed by atoms with van der Waals surface area (Å²) in [5, 5.41) is 20.9. The molecule has 2 rings (SSSR count). The van der Waals surface area contributed by atoms with E-state index in [0.717, 1.165) is 0 Å². The monoisotopic (exact) mass is 364 g/mol. The van der Waals surface area contributed by atoms with Crippen LogP contribution in [0.1, 0.15) is 43.1 Å². The lowest BCUT2D eigenvalue weighted by Crippen LogP contribution is -2.40. The van der Waals surface area contributed by atoms with Crippen LogP contribution in [0.5, 0.6) is 0 Å². The Labute approximate surface area is 151 Å². The van der Waals surface area contributed by atoms with Crippen molar-refractivity contribution in [3.8, 4) is 0 Å². The number of carboxylic acid groups (broad SMARTS) is 1. The van der Waals surface area contributed by atoms with E-state index in [-0.39, 0.29) is 37.4 Å². The Kier molecular flexibility index (Phi) is 5.36. The van der Waals surface area contributed by atoms with Crippen molar-refractivity contribution in [1.82, 2.24) is 4.90 Å². The number of carboxylic acids is 1. The number of rotatable bonds is 5. The molecule has 1 aromatic carbocycles. The lowest BCUT2D eigenvalue weighted by atomic mass is 9.85. The highest BCUT2D eigenvalue weighted by molar-refractivity contribution is 5.96. The normalized spacial score (nSPS) is 20.2. The number of carbonyl (C=O) groups excluding carboxylic acids is 1. The SMILES string of the molecule is COCC1(C(=O)O)CCN(C(=O)c2ccc(C(C)(C)C)c([N+](=O)[O-])c2)C1. The minimum Gasteiger partial charge on any atom is -0.481 e. The quantitative estimate of drug-likeness (QED) is 0.635. The number of ether oxygens (including phenoxy) is 1. The van der Waals surface area contributed by atoms with Gasteiger partial charge in [-0.3, -0.25) is 19.7 Å². The summed E-state index contributed by atoms with van der Waals surface area (Å²) in [6, 6.07) is 4.44. The zero-order valence-electron chi connectivity index (χ0n) is 15.4. The van der Waals surface area contributed by atoms with Gasteiger partial charge >= 0.3 is 5.97 Å². The highest BCUT2D eigenvalue weighted by Gasteiger charge is 2.46. The van der Waals surface area contributed by atoms with Crippen LogP contribution in [0.15, 0.2) is 18.2 Å². The molecule has 8 nitrogen and oxygen atoms in total. The lowest BCUT2D eigenvalue weighted by Gasteiger charge is -2.24. The van der Waals surface area contributed by atoms with E-state index in [2.05, 4.69) is 0 Å². The van der Waals surface area contributed by atoms with E-state index in [1.165, 1.54) is 18.1 Å². The lowest BCUT2D eigenvalue weighted by molar-refractivity contribution is -0.386. The summed E-state index contributed by atoms with van der Waals surface area (Å²) in [6.07, 6.45) is 0.282. The van der Waals surface area contributed by atoms with Gasteiger partial charge in [-0.25, -0.2) is 0 Å².